The normalized spacial score (nSPS) is 17.5. The van der Waals surface area contributed by atoms with E-state index in [1.807, 2.05) is 30.3 Å². The van der Waals surface area contributed by atoms with Crippen LogP contribution in [-0.2, 0) is 16.0 Å². The highest BCUT2D eigenvalue weighted by Gasteiger charge is 2.34. The monoisotopic (exact) mass is 311 g/mol. The molecule has 1 aromatic heterocycles. The number of para-hydroxylation sites is 1. The van der Waals surface area contributed by atoms with E-state index in [2.05, 4.69) is 4.98 Å². The van der Waals surface area contributed by atoms with Crippen LogP contribution in [0.15, 0.2) is 36.5 Å². The van der Waals surface area contributed by atoms with Gasteiger partial charge in [0.2, 0.25) is 11.8 Å². The second-order valence-electron chi connectivity index (χ2n) is 6.19. The summed E-state index contributed by atoms with van der Waals surface area (Å²) in [6.45, 7) is 0.657. The molecule has 3 rings (SSSR count). The van der Waals surface area contributed by atoms with Crippen molar-refractivity contribution in [1.82, 2.24) is 14.8 Å². The van der Waals surface area contributed by atoms with Gasteiger partial charge < -0.3 is 9.80 Å². The third-order valence-electron chi connectivity index (χ3n) is 4.30. The maximum atomic E-state index is 12.6. The number of pyridine rings is 1. The number of fused-ring (bicyclic) bond motifs is 1. The van der Waals surface area contributed by atoms with Gasteiger partial charge in [-0.05, 0) is 30.5 Å². The first-order valence-electron chi connectivity index (χ1n) is 7.90. The Morgan fingerprint density at radius 1 is 1.30 bits per heavy atom. The maximum Gasteiger partial charge on any atom is 0.244 e. The SMILES string of the molecule is CN(C)C(=O)C1CCCN1C(=O)Cc1cnc2ccccc2c1. The Hall–Kier alpha value is -2.43. The molecule has 5 nitrogen and oxygen atoms in total. The molecule has 120 valence electrons. The molecule has 0 radical (unpaired) electrons. The second-order valence-corrected chi connectivity index (χ2v) is 6.19. The number of hydrogen-bond donors (Lipinski definition) is 0. The number of amides is 2. The van der Waals surface area contributed by atoms with E-state index < -0.39 is 0 Å². The molecule has 0 N–H and O–H groups in total. The number of aromatic nitrogens is 1. The highest BCUT2D eigenvalue weighted by atomic mass is 16.2. The third kappa shape index (κ3) is 3.18. The summed E-state index contributed by atoms with van der Waals surface area (Å²) < 4.78 is 0. The molecule has 2 aromatic rings. The standard InChI is InChI=1S/C18H21N3O2/c1-20(2)18(23)16-8-5-9-21(16)17(22)11-13-10-14-6-3-4-7-15(14)19-12-13/h3-4,6-7,10,12,16H,5,8-9,11H2,1-2H3. The third-order valence-corrected chi connectivity index (χ3v) is 4.30. The van der Waals surface area contributed by atoms with Crippen LogP contribution < -0.4 is 0 Å². The number of carbonyl (C=O) groups excluding carboxylic acids is 2. The minimum atomic E-state index is -0.314. The van der Waals surface area contributed by atoms with Gasteiger partial charge in [-0.25, -0.2) is 0 Å². The summed E-state index contributed by atoms with van der Waals surface area (Å²) in [6, 6.07) is 9.53. The van der Waals surface area contributed by atoms with Gasteiger partial charge in [-0.1, -0.05) is 18.2 Å². The summed E-state index contributed by atoms with van der Waals surface area (Å²) in [5.74, 6) is 0.00673. The number of likely N-dealkylation sites (N-methyl/N-ethyl adjacent to an activating group) is 1. The fourth-order valence-corrected chi connectivity index (χ4v) is 3.11. The van der Waals surface area contributed by atoms with Crippen molar-refractivity contribution in [3.05, 3.63) is 42.1 Å². The summed E-state index contributed by atoms with van der Waals surface area (Å²) in [4.78, 5) is 32.5. The molecule has 0 spiro atoms. The van der Waals surface area contributed by atoms with E-state index in [1.165, 1.54) is 0 Å². The van der Waals surface area contributed by atoms with Gasteiger partial charge in [0.1, 0.15) is 6.04 Å². The van der Waals surface area contributed by atoms with Gasteiger partial charge in [-0.2, -0.15) is 0 Å². The summed E-state index contributed by atoms with van der Waals surface area (Å²) in [6.07, 6.45) is 3.67. The molecule has 1 aliphatic rings. The smallest absolute Gasteiger partial charge is 0.244 e. The van der Waals surface area contributed by atoms with Gasteiger partial charge in [-0.15, -0.1) is 0 Å². The van der Waals surface area contributed by atoms with Crippen molar-refractivity contribution < 1.29 is 9.59 Å². The summed E-state index contributed by atoms with van der Waals surface area (Å²) in [5.41, 5.74) is 1.81. The van der Waals surface area contributed by atoms with E-state index in [9.17, 15) is 9.59 Å². The molecule has 1 aliphatic heterocycles. The van der Waals surface area contributed by atoms with Crippen LogP contribution in [0.4, 0.5) is 0 Å². The number of rotatable bonds is 3. The molecule has 1 atom stereocenters. The van der Waals surface area contributed by atoms with Crippen LogP contribution in [-0.4, -0.2) is 53.3 Å². The number of nitrogens with zero attached hydrogens (tertiary/aromatic N) is 3. The van der Waals surface area contributed by atoms with Crippen LogP contribution >= 0.6 is 0 Å². The van der Waals surface area contributed by atoms with Crippen molar-refractivity contribution in [3.8, 4) is 0 Å². The lowest BCUT2D eigenvalue weighted by molar-refractivity contribution is -0.141. The van der Waals surface area contributed by atoms with Crippen molar-refractivity contribution in [2.75, 3.05) is 20.6 Å². The van der Waals surface area contributed by atoms with Crippen LogP contribution in [0, 0.1) is 0 Å². The molecule has 0 bridgehead atoms. The lowest BCUT2D eigenvalue weighted by atomic mass is 10.1. The lowest BCUT2D eigenvalue weighted by Crippen LogP contribution is -2.46. The largest absolute Gasteiger partial charge is 0.347 e. The van der Waals surface area contributed by atoms with Crippen molar-refractivity contribution in [2.24, 2.45) is 0 Å². The van der Waals surface area contributed by atoms with Crippen LogP contribution in [0.5, 0.6) is 0 Å². The maximum absolute atomic E-state index is 12.6. The van der Waals surface area contributed by atoms with E-state index in [1.54, 1.807) is 30.1 Å². The average Bonchev–Trinajstić information content (AvgIpc) is 3.03. The molecular formula is C18H21N3O2. The molecular weight excluding hydrogens is 290 g/mol. The van der Waals surface area contributed by atoms with E-state index >= 15 is 0 Å². The minimum Gasteiger partial charge on any atom is -0.347 e. The molecule has 1 fully saturated rings. The highest BCUT2D eigenvalue weighted by Crippen LogP contribution is 2.21. The zero-order valence-corrected chi connectivity index (χ0v) is 13.5. The Kier molecular flexibility index (Phi) is 4.28. The van der Waals surface area contributed by atoms with Gasteiger partial charge in [0.25, 0.3) is 0 Å². The van der Waals surface area contributed by atoms with E-state index in [0.29, 0.717) is 6.54 Å². The van der Waals surface area contributed by atoms with E-state index in [-0.39, 0.29) is 24.3 Å². The predicted molar refractivity (Wildman–Crippen MR) is 88.9 cm³/mol. The predicted octanol–water partition coefficient (Wildman–Crippen LogP) is 1.86. The van der Waals surface area contributed by atoms with Crippen molar-refractivity contribution in [2.45, 2.75) is 25.3 Å². The Morgan fingerprint density at radius 2 is 2.09 bits per heavy atom. The highest BCUT2D eigenvalue weighted by molar-refractivity contribution is 5.89. The molecule has 0 aliphatic carbocycles. The second kappa shape index (κ2) is 6.36. The number of carbonyl (C=O) groups is 2. The first-order valence-corrected chi connectivity index (χ1v) is 7.90. The molecule has 0 saturated carbocycles. The number of hydrogen-bond acceptors (Lipinski definition) is 3. The quantitative estimate of drug-likeness (QED) is 0.869. The van der Waals surface area contributed by atoms with Gasteiger partial charge >= 0.3 is 0 Å². The van der Waals surface area contributed by atoms with Crippen molar-refractivity contribution in [1.29, 1.82) is 0 Å². The molecule has 1 saturated heterocycles. The van der Waals surface area contributed by atoms with Crippen LogP contribution in [0.2, 0.25) is 0 Å². The lowest BCUT2D eigenvalue weighted by Gasteiger charge is -2.26. The van der Waals surface area contributed by atoms with Crippen LogP contribution in [0.1, 0.15) is 18.4 Å². The molecule has 1 aromatic carbocycles. The van der Waals surface area contributed by atoms with Gasteiger partial charge in [-0.3, -0.25) is 14.6 Å². The average molecular weight is 311 g/mol. The first kappa shape index (κ1) is 15.5. The zero-order valence-electron chi connectivity index (χ0n) is 13.5. The summed E-state index contributed by atoms with van der Waals surface area (Å²) >= 11 is 0. The van der Waals surface area contributed by atoms with Crippen LogP contribution in [0.25, 0.3) is 10.9 Å². The van der Waals surface area contributed by atoms with Gasteiger partial charge in [0.05, 0.1) is 11.9 Å². The molecule has 2 heterocycles. The topological polar surface area (TPSA) is 53.5 Å². The Morgan fingerprint density at radius 3 is 2.87 bits per heavy atom. The Bertz CT molecular complexity index is 742. The van der Waals surface area contributed by atoms with E-state index in [4.69, 9.17) is 0 Å². The molecule has 2 amide bonds. The van der Waals surface area contributed by atoms with Gasteiger partial charge in [0.15, 0.2) is 0 Å². The summed E-state index contributed by atoms with van der Waals surface area (Å²) in [5, 5.41) is 1.03. The first-order chi connectivity index (χ1) is 11.1. The Balaban J connectivity index is 1.75. The van der Waals surface area contributed by atoms with Crippen molar-refractivity contribution in [3.63, 3.8) is 0 Å². The van der Waals surface area contributed by atoms with Gasteiger partial charge in [0, 0.05) is 32.2 Å². The fourth-order valence-electron chi connectivity index (χ4n) is 3.11. The number of benzene rings is 1. The van der Waals surface area contributed by atoms with Crippen molar-refractivity contribution >= 4 is 22.7 Å². The minimum absolute atomic E-state index is 0.000203. The Labute approximate surface area is 135 Å². The fraction of sp³-hybridized carbons (Fsp3) is 0.389. The van der Waals surface area contributed by atoms with Crippen LogP contribution in [0.3, 0.4) is 0 Å². The molecule has 1 unspecified atom stereocenters. The number of likely N-dealkylation sites (tertiary alicyclic amines) is 1. The summed E-state index contributed by atoms with van der Waals surface area (Å²) in [7, 11) is 3.47. The molecule has 23 heavy (non-hydrogen) atoms. The zero-order chi connectivity index (χ0) is 16.4. The van der Waals surface area contributed by atoms with E-state index in [0.717, 1.165) is 29.3 Å². The molecule has 5 heteroatoms.